The molecule has 0 amide bonds. The third-order valence-electron chi connectivity index (χ3n) is 4.78. The molecular weight excluding hydrogens is 252 g/mol. The molecule has 0 aliphatic carbocycles. The predicted octanol–water partition coefficient (Wildman–Crippen LogP) is 4.48. The van der Waals surface area contributed by atoms with Crippen molar-refractivity contribution in [2.24, 2.45) is 0 Å². The second-order valence-corrected chi connectivity index (χ2v) is 21.6. The van der Waals surface area contributed by atoms with Crippen LogP contribution in [0.2, 0.25) is 32.2 Å². The summed E-state index contributed by atoms with van der Waals surface area (Å²) in [5.74, 6) is 0. The van der Waals surface area contributed by atoms with Gasteiger partial charge in [-0.3, -0.25) is 0 Å². The van der Waals surface area contributed by atoms with E-state index >= 15 is 0 Å². The van der Waals surface area contributed by atoms with Crippen molar-refractivity contribution in [3.63, 3.8) is 0 Å². The summed E-state index contributed by atoms with van der Waals surface area (Å²) >= 11 is 0. The van der Waals surface area contributed by atoms with Gasteiger partial charge in [0.05, 0.1) is 13.2 Å². The van der Waals surface area contributed by atoms with Gasteiger partial charge >= 0.3 is 0 Å². The van der Waals surface area contributed by atoms with Gasteiger partial charge in [0.25, 0.3) is 0 Å². The Kier molecular flexibility index (Phi) is 3.42. The fourth-order valence-electron chi connectivity index (χ4n) is 2.63. The van der Waals surface area contributed by atoms with Crippen LogP contribution in [0.4, 0.5) is 0 Å². The molecule has 0 bridgehead atoms. The molecule has 1 nitrogen and oxygen atoms in total. The van der Waals surface area contributed by atoms with Gasteiger partial charge < -0.3 is 4.43 Å². The lowest BCUT2D eigenvalue weighted by atomic mass is 9.91. The van der Waals surface area contributed by atoms with E-state index in [0.717, 1.165) is 6.42 Å². The molecule has 1 aliphatic rings. The normalized spacial score (nSPS) is 29.8. The Bertz CT molecular complexity index is 439. The molecule has 0 radical (unpaired) electrons. The highest BCUT2D eigenvalue weighted by atomic mass is 29.3. The Morgan fingerprint density at radius 3 is 2.28 bits per heavy atom. The smallest absolute Gasteiger partial charge is 0.175 e. The van der Waals surface area contributed by atoms with Crippen LogP contribution in [-0.4, -0.2) is 15.4 Å². The first kappa shape index (κ1) is 13.8. The van der Waals surface area contributed by atoms with Crippen molar-refractivity contribution in [3.8, 4) is 0 Å². The average Bonchev–Trinajstić information content (AvgIpc) is 2.34. The topological polar surface area (TPSA) is 9.23 Å². The van der Waals surface area contributed by atoms with Gasteiger partial charge in [0.15, 0.2) is 7.83 Å². The summed E-state index contributed by atoms with van der Waals surface area (Å²) in [4.78, 5) is 0. The molecule has 3 heteroatoms. The Morgan fingerprint density at radius 2 is 1.78 bits per heavy atom. The molecule has 1 saturated heterocycles. The Labute approximate surface area is 113 Å². The van der Waals surface area contributed by atoms with Gasteiger partial charge in [-0.2, -0.15) is 0 Å². The number of benzene rings is 1. The molecular formula is C15H24OSi2. The number of hydrogen-bond acceptors (Lipinski definition) is 1. The van der Waals surface area contributed by atoms with Crippen LogP contribution in [0.15, 0.2) is 43.0 Å². The molecule has 1 atom stereocenters. The monoisotopic (exact) mass is 276 g/mol. The molecule has 98 valence electrons. The van der Waals surface area contributed by atoms with Gasteiger partial charge in [0.2, 0.25) is 0 Å². The summed E-state index contributed by atoms with van der Waals surface area (Å²) in [5.41, 5.74) is 1.03. The molecule has 1 fully saturated rings. The largest absolute Gasteiger partial charge is 0.407 e. The quantitative estimate of drug-likeness (QED) is 0.571. The van der Waals surface area contributed by atoms with Gasteiger partial charge in [0, 0.05) is 0 Å². The molecule has 1 aromatic carbocycles. The second kappa shape index (κ2) is 4.47. The molecule has 1 heterocycles. The SMILES string of the molecule is C=CC1(c2ccccc2)CC[Si](C)(C)[Si](C)(C)O1. The van der Waals surface area contributed by atoms with Crippen LogP contribution < -0.4 is 0 Å². The minimum atomic E-state index is -1.59. The first-order valence-corrected chi connectivity index (χ1v) is 13.8. The maximum absolute atomic E-state index is 6.69. The highest BCUT2D eigenvalue weighted by molar-refractivity contribution is 7.38. The van der Waals surface area contributed by atoms with E-state index in [9.17, 15) is 0 Å². The van der Waals surface area contributed by atoms with Crippen LogP contribution in [0, 0.1) is 0 Å². The molecule has 2 rings (SSSR count). The van der Waals surface area contributed by atoms with Crippen molar-refractivity contribution in [1.82, 2.24) is 0 Å². The van der Waals surface area contributed by atoms with E-state index in [0.29, 0.717) is 0 Å². The molecule has 0 saturated carbocycles. The average molecular weight is 277 g/mol. The second-order valence-electron chi connectivity index (χ2n) is 6.46. The lowest BCUT2D eigenvalue weighted by molar-refractivity contribution is 0.103. The maximum atomic E-state index is 6.69. The molecule has 1 aliphatic heterocycles. The van der Waals surface area contributed by atoms with Crippen molar-refractivity contribution >= 4 is 15.4 Å². The predicted molar refractivity (Wildman–Crippen MR) is 83.8 cm³/mol. The van der Waals surface area contributed by atoms with Crippen LogP contribution in [0.5, 0.6) is 0 Å². The van der Waals surface area contributed by atoms with E-state index in [1.54, 1.807) is 0 Å². The van der Waals surface area contributed by atoms with Crippen molar-refractivity contribution < 1.29 is 4.43 Å². The van der Waals surface area contributed by atoms with Gasteiger partial charge in [-0.05, 0) is 25.1 Å². The van der Waals surface area contributed by atoms with Gasteiger partial charge in [-0.15, -0.1) is 0 Å². The lowest BCUT2D eigenvalue weighted by Crippen LogP contribution is -2.63. The summed E-state index contributed by atoms with van der Waals surface area (Å²) in [6, 6.07) is 11.9. The standard InChI is InChI=1S/C15H24OSi2/c1-6-15(14-10-8-7-9-11-14)12-13-17(2,3)18(4,5)16-15/h6-11H,1,12-13H2,2-5H3. The van der Waals surface area contributed by atoms with E-state index < -0.39 is 15.4 Å². The summed E-state index contributed by atoms with van der Waals surface area (Å²) in [7, 11) is -2.78. The molecule has 0 aromatic heterocycles. The Morgan fingerprint density at radius 1 is 1.17 bits per heavy atom. The molecule has 0 N–H and O–H groups in total. The Hall–Kier alpha value is -0.646. The molecule has 18 heavy (non-hydrogen) atoms. The van der Waals surface area contributed by atoms with Crippen LogP contribution in [-0.2, 0) is 10.0 Å². The molecule has 1 aromatic rings. The van der Waals surface area contributed by atoms with E-state index in [4.69, 9.17) is 4.43 Å². The fourth-order valence-corrected chi connectivity index (χ4v) is 9.27. The third kappa shape index (κ3) is 2.15. The molecule has 0 spiro atoms. The van der Waals surface area contributed by atoms with Crippen molar-refractivity contribution in [1.29, 1.82) is 0 Å². The summed E-state index contributed by atoms with van der Waals surface area (Å²) in [6.07, 6.45) is 3.12. The Balaban J connectivity index is 2.40. The van der Waals surface area contributed by atoms with Crippen LogP contribution in [0.25, 0.3) is 0 Å². The third-order valence-corrected chi connectivity index (χ3v) is 21.3. The van der Waals surface area contributed by atoms with E-state index in [-0.39, 0.29) is 5.60 Å². The first-order chi connectivity index (χ1) is 8.33. The van der Waals surface area contributed by atoms with Crippen molar-refractivity contribution in [2.45, 2.75) is 44.3 Å². The van der Waals surface area contributed by atoms with E-state index in [1.807, 2.05) is 6.08 Å². The van der Waals surface area contributed by atoms with Crippen LogP contribution >= 0.6 is 0 Å². The highest BCUT2D eigenvalue weighted by Crippen LogP contribution is 2.45. The summed E-state index contributed by atoms with van der Waals surface area (Å²) < 4.78 is 6.69. The summed E-state index contributed by atoms with van der Waals surface area (Å²) in [6.45, 7) is 13.8. The zero-order chi connectivity index (χ0) is 13.4. The minimum Gasteiger partial charge on any atom is -0.407 e. The first-order valence-electron chi connectivity index (χ1n) is 6.72. The zero-order valence-corrected chi connectivity index (χ0v) is 14.0. The minimum absolute atomic E-state index is 0.237. The maximum Gasteiger partial charge on any atom is 0.175 e. The number of rotatable bonds is 2. The van der Waals surface area contributed by atoms with Gasteiger partial charge in [-0.25, -0.2) is 0 Å². The summed E-state index contributed by atoms with van der Waals surface area (Å²) in [5, 5.41) is 0. The van der Waals surface area contributed by atoms with Gasteiger partial charge in [-0.1, -0.05) is 62.1 Å². The van der Waals surface area contributed by atoms with Crippen molar-refractivity contribution in [2.75, 3.05) is 0 Å². The van der Waals surface area contributed by atoms with E-state index in [2.05, 4.69) is 63.1 Å². The lowest BCUT2D eigenvalue weighted by Gasteiger charge is -2.51. The van der Waals surface area contributed by atoms with Crippen molar-refractivity contribution in [3.05, 3.63) is 48.6 Å². The zero-order valence-electron chi connectivity index (χ0n) is 12.0. The molecule has 1 unspecified atom stereocenters. The fraction of sp³-hybridized carbons (Fsp3) is 0.467. The van der Waals surface area contributed by atoms with Gasteiger partial charge in [0.1, 0.15) is 0 Å². The highest BCUT2D eigenvalue weighted by Gasteiger charge is 2.52. The number of hydrogen-bond donors (Lipinski definition) is 0. The van der Waals surface area contributed by atoms with Crippen LogP contribution in [0.3, 0.4) is 0 Å². The van der Waals surface area contributed by atoms with Crippen LogP contribution in [0.1, 0.15) is 12.0 Å². The van der Waals surface area contributed by atoms with E-state index in [1.165, 1.54) is 11.6 Å².